The molecule has 1 N–H and O–H groups in total. The monoisotopic (exact) mass is 231 g/mol. The molecule has 0 saturated carbocycles. The van der Waals surface area contributed by atoms with Crippen molar-refractivity contribution >= 4 is 0 Å². The summed E-state index contributed by atoms with van der Waals surface area (Å²) in [6.45, 7) is 3.17. The number of hydrogen-bond acceptors (Lipinski definition) is 3. The first kappa shape index (κ1) is 10.5. The van der Waals surface area contributed by atoms with Gasteiger partial charge in [-0.3, -0.25) is 10.00 Å². The van der Waals surface area contributed by atoms with Crippen LogP contribution in [0, 0.1) is 0 Å². The summed E-state index contributed by atoms with van der Waals surface area (Å²) in [5.74, 6) is 1.73. The Kier molecular flexibility index (Phi) is 2.68. The van der Waals surface area contributed by atoms with E-state index in [1.54, 1.807) is 0 Å². The number of aromatic amines is 1. The Morgan fingerprint density at radius 1 is 1.47 bits per heavy atom. The number of aryl methyl sites for hydroxylation is 1. The van der Waals surface area contributed by atoms with E-state index in [4.69, 9.17) is 0 Å². The van der Waals surface area contributed by atoms with Crippen LogP contribution < -0.4 is 0 Å². The van der Waals surface area contributed by atoms with Gasteiger partial charge in [0.1, 0.15) is 5.82 Å². The summed E-state index contributed by atoms with van der Waals surface area (Å²) in [7, 11) is 2.05. The molecule has 1 aliphatic heterocycles. The minimum absolute atomic E-state index is 0.595. The van der Waals surface area contributed by atoms with Crippen molar-refractivity contribution in [3.05, 3.63) is 36.2 Å². The minimum atomic E-state index is 0.595. The molecular formula is C12H17N5. The maximum absolute atomic E-state index is 4.37. The van der Waals surface area contributed by atoms with Crippen molar-refractivity contribution in [2.75, 3.05) is 13.1 Å². The van der Waals surface area contributed by atoms with Crippen LogP contribution in [0.4, 0.5) is 0 Å². The fourth-order valence-corrected chi connectivity index (χ4v) is 2.47. The summed E-state index contributed by atoms with van der Waals surface area (Å²) < 4.78 is 2.09. The lowest BCUT2D eigenvalue weighted by molar-refractivity contribution is 0.314. The van der Waals surface area contributed by atoms with Gasteiger partial charge in [0.2, 0.25) is 0 Å². The number of rotatable bonds is 3. The van der Waals surface area contributed by atoms with E-state index in [9.17, 15) is 0 Å². The third-order valence-corrected chi connectivity index (χ3v) is 3.52. The zero-order valence-corrected chi connectivity index (χ0v) is 10.0. The minimum Gasteiger partial charge on any atom is -0.337 e. The molecule has 1 atom stereocenters. The fraction of sp³-hybridized carbons (Fsp3) is 0.500. The Morgan fingerprint density at radius 2 is 2.41 bits per heavy atom. The number of nitrogens with one attached hydrogen (secondary N) is 1. The Balaban J connectivity index is 1.63. The first-order valence-corrected chi connectivity index (χ1v) is 6.01. The van der Waals surface area contributed by atoms with Gasteiger partial charge in [0.25, 0.3) is 0 Å². The zero-order chi connectivity index (χ0) is 11.7. The van der Waals surface area contributed by atoms with Gasteiger partial charge in [-0.15, -0.1) is 0 Å². The number of hydrogen-bond donors (Lipinski definition) is 1. The Bertz CT molecular complexity index is 473. The molecule has 5 heteroatoms. The summed E-state index contributed by atoms with van der Waals surface area (Å²) in [4.78, 5) is 6.82. The van der Waals surface area contributed by atoms with Crippen molar-refractivity contribution in [3.63, 3.8) is 0 Å². The topological polar surface area (TPSA) is 49.7 Å². The van der Waals surface area contributed by atoms with Crippen LogP contribution in [0.2, 0.25) is 0 Å². The van der Waals surface area contributed by atoms with Crippen LogP contribution >= 0.6 is 0 Å². The van der Waals surface area contributed by atoms with Gasteiger partial charge in [0.15, 0.2) is 0 Å². The average Bonchev–Trinajstić information content (AvgIpc) is 3.02. The fourth-order valence-electron chi connectivity index (χ4n) is 2.47. The number of H-pyrrole nitrogens is 1. The average molecular weight is 231 g/mol. The van der Waals surface area contributed by atoms with E-state index in [-0.39, 0.29) is 0 Å². The largest absolute Gasteiger partial charge is 0.337 e. The predicted molar refractivity (Wildman–Crippen MR) is 64.4 cm³/mol. The van der Waals surface area contributed by atoms with Crippen LogP contribution in [0.15, 0.2) is 24.7 Å². The van der Waals surface area contributed by atoms with Crippen LogP contribution in [0.1, 0.15) is 23.9 Å². The van der Waals surface area contributed by atoms with Gasteiger partial charge in [-0.2, -0.15) is 5.10 Å². The predicted octanol–water partition coefficient (Wildman–Crippen LogP) is 1.13. The maximum atomic E-state index is 4.37. The van der Waals surface area contributed by atoms with Crippen LogP contribution in [0.25, 0.3) is 0 Å². The second kappa shape index (κ2) is 4.33. The molecule has 1 fully saturated rings. The number of imidazole rings is 1. The van der Waals surface area contributed by atoms with Crippen LogP contribution in [0.3, 0.4) is 0 Å². The van der Waals surface area contributed by atoms with Gasteiger partial charge in [-0.1, -0.05) is 0 Å². The van der Waals surface area contributed by atoms with Crippen molar-refractivity contribution in [2.45, 2.75) is 18.9 Å². The van der Waals surface area contributed by atoms with E-state index in [2.05, 4.69) is 30.7 Å². The van der Waals surface area contributed by atoms with Crippen molar-refractivity contribution < 1.29 is 0 Å². The molecule has 0 bridgehead atoms. The zero-order valence-electron chi connectivity index (χ0n) is 10.0. The lowest BCUT2D eigenvalue weighted by Crippen LogP contribution is -2.21. The first-order valence-electron chi connectivity index (χ1n) is 6.01. The molecule has 3 heterocycles. The summed E-state index contributed by atoms with van der Waals surface area (Å²) in [6.07, 6.45) is 6.89. The second-order valence-electron chi connectivity index (χ2n) is 4.69. The van der Waals surface area contributed by atoms with Gasteiger partial charge in [0.05, 0.1) is 6.54 Å². The molecule has 3 rings (SSSR count). The van der Waals surface area contributed by atoms with Gasteiger partial charge >= 0.3 is 0 Å². The van der Waals surface area contributed by atoms with E-state index in [1.165, 1.54) is 12.1 Å². The molecule has 17 heavy (non-hydrogen) atoms. The van der Waals surface area contributed by atoms with Crippen molar-refractivity contribution in [3.8, 4) is 0 Å². The Morgan fingerprint density at radius 3 is 3.12 bits per heavy atom. The first-order chi connectivity index (χ1) is 8.33. The lowest BCUT2D eigenvalue weighted by Gasteiger charge is -2.15. The maximum Gasteiger partial charge on any atom is 0.122 e. The number of likely N-dealkylation sites (tertiary alicyclic amines) is 1. The molecule has 2 aromatic rings. The van der Waals surface area contributed by atoms with Crippen LogP contribution in [-0.2, 0) is 13.6 Å². The number of aromatic nitrogens is 4. The van der Waals surface area contributed by atoms with E-state index in [0.717, 1.165) is 25.5 Å². The van der Waals surface area contributed by atoms with Crippen LogP contribution in [0.5, 0.6) is 0 Å². The summed E-state index contributed by atoms with van der Waals surface area (Å²) >= 11 is 0. The Hall–Kier alpha value is -1.62. The van der Waals surface area contributed by atoms with Gasteiger partial charge < -0.3 is 4.57 Å². The highest BCUT2D eigenvalue weighted by Crippen LogP contribution is 2.26. The standard InChI is InChI=1S/C12H17N5/c1-16-7-5-13-12(16)9-17-6-3-10(8-17)11-2-4-14-15-11/h2,4-5,7,10H,3,6,8-9H2,1H3,(H,14,15)/t10-/m1/s1. The third kappa shape index (κ3) is 2.10. The highest BCUT2D eigenvalue weighted by Gasteiger charge is 2.25. The van der Waals surface area contributed by atoms with E-state index >= 15 is 0 Å². The molecule has 1 aliphatic rings. The smallest absolute Gasteiger partial charge is 0.122 e. The van der Waals surface area contributed by atoms with Gasteiger partial charge in [-0.25, -0.2) is 4.98 Å². The van der Waals surface area contributed by atoms with Crippen LogP contribution in [-0.4, -0.2) is 37.7 Å². The third-order valence-electron chi connectivity index (χ3n) is 3.52. The normalized spacial score (nSPS) is 21.1. The molecule has 0 spiro atoms. The molecule has 2 aromatic heterocycles. The summed E-state index contributed by atoms with van der Waals surface area (Å²) in [5, 5.41) is 7.09. The molecule has 0 unspecified atom stereocenters. The lowest BCUT2D eigenvalue weighted by atomic mass is 10.1. The van der Waals surface area contributed by atoms with E-state index < -0.39 is 0 Å². The SMILES string of the molecule is Cn1ccnc1CN1CC[C@@H](c2ccn[nH]2)C1. The van der Waals surface area contributed by atoms with Crippen molar-refractivity contribution in [2.24, 2.45) is 7.05 Å². The van der Waals surface area contributed by atoms with Gasteiger partial charge in [0, 0.05) is 43.8 Å². The summed E-state index contributed by atoms with van der Waals surface area (Å²) in [5.41, 5.74) is 1.26. The molecule has 90 valence electrons. The van der Waals surface area contributed by atoms with E-state index in [0.29, 0.717) is 5.92 Å². The quantitative estimate of drug-likeness (QED) is 0.861. The van der Waals surface area contributed by atoms with Gasteiger partial charge in [-0.05, 0) is 19.0 Å². The highest BCUT2D eigenvalue weighted by molar-refractivity contribution is 5.09. The summed E-state index contributed by atoms with van der Waals surface area (Å²) in [6, 6.07) is 2.08. The second-order valence-corrected chi connectivity index (χ2v) is 4.69. The van der Waals surface area contributed by atoms with Crippen molar-refractivity contribution in [1.82, 2.24) is 24.6 Å². The molecule has 0 aliphatic carbocycles. The molecular weight excluding hydrogens is 214 g/mol. The number of nitrogens with zero attached hydrogens (tertiary/aromatic N) is 4. The molecule has 5 nitrogen and oxygen atoms in total. The molecule has 0 radical (unpaired) electrons. The highest BCUT2D eigenvalue weighted by atomic mass is 15.2. The van der Waals surface area contributed by atoms with Crippen molar-refractivity contribution in [1.29, 1.82) is 0 Å². The Labute approximate surface area is 100 Å². The molecule has 0 aromatic carbocycles. The molecule has 1 saturated heterocycles. The molecule has 0 amide bonds. The van der Waals surface area contributed by atoms with E-state index in [1.807, 2.05) is 25.6 Å².